The Morgan fingerprint density at radius 1 is 1.17 bits per heavy atom. The Morgan fingerprint density at radius 3 is 2.28 bits per heavy atom. The smallest absolute Gasteiger partial charge is 0.409 e. The summed E-state index contributed by atoms with van der Waals surface area (Å²) in [5.74, 6) is 0.372. The van der Waals surface area contributed by atoms with Gasteiger partial charge < -0.3 is 4.74 Å². The van der Waals surface area contributed by atoms with Gasteiger partial charge in [-0.1, -0.05) is 0 Å². The zero-order chi connectivity index (χ0) is 13.8. The maximum Gasteiger partial charge on any atom is 0.409 e. The lowest BCUT2D eigenvalue weighted by atomic mass is 10.1. The van der Waals surface area contributed by atoms with Crippen LogP contribution < -0.4 is 4.74 Å². The molecule has 0 radical (unpaired) electrons. The van der Waals surface area contributed by atoms with Crippen LogP contribution in [-0.4, -0.2) is 18.6 Å². The summed E-state index contributed by atoms with van der Waals surface area (Å²) in [4.78, 5) is 10.7. The fourth-order valence-electron chi connectivity index (χ4n) is 1.34. The number of carbonyl (C=O) groups excluding carboxylic acids is 1. The molecule has 0 amide bonds. The molecule has 0 N–H and O–H groups in total. The first-order valence-corrected chi connectivity index (χ1v) is 5.33. The fourth-order valence-corrected chi connectivity index (χ4v) is 1.34. The Bertz CT molecular complexity index is 448. The van der Waals surface area contributed by atoms with E-state index in [9.17, 15) is 18.0 Å². The van der Waals surface area contributed by atoms with E-state index in [4.69, 9.17) is 4.74 Å². The molecule has 0 heterocycles. The Hall–Kier alpha value is -1.78. The van der Waals surface area contributed by atoms with E-state index >= 15 is 0 Å². The van der Waals surface area contributed by atoms with E-state index in [1.54, 1.807) is 13.8 Å². The van der Waals surface area contributed by atoms with E-state index in [1.807, 2.05) is 0 Å². The van der Waals surface area contributed by atoms with Gasteiger partial charge in [-0.3, -0.25) is 4.79 Å². The summed E-state index contributed by atoms with van der Waals surface area (Å²) in [7, 11) is 0. The summed E-state index contributed by atoms with van der Waals surface area (Å²) >= 11 is 0. The minimum Gasteiger partial charge on any atom is -0.491 e. The number of carbonyl (C=O) groups is 1. The van der Waals surface area contributed by atoms with Gasteiger partial charge in [-0.25, -0.2) is 0 Å². The first-order chi connectivity index (χ1) is 8.30. The van der Waals surface area contributed by atoms with E-state index in [2.05, 4.69) is 0 Å². The number of ether oxygens (including phenoxy) is 1. The molecule has 1 aromatic rings. The highest BCUT2D eigenvalue weighted by Gasteiger charge is 2.21. The summed E-state index contributed by atoms with van der Waals surface area (Å²) in [6.45, 7) is 3.58. The van der Waals surface area contributed by atoms with Crippen molar-refractivity contribution in [2.75, 3.05) is 0 Å². The van der Waals surface area contributed by atoms with Gasteiger partial charge in [0.1, 0.15) is 12.0 Å². The van der Waals surface area contributed by atoms with Crippen LogP contribution in [0.4, 0.5) is 13.2 Å². The molecule has 18 heavy (non-hydrogen) atoms. The van der Waals surface area contributed by atoms with E-state index in [0.717, 1.165) is 6.08 Å². The second-order valence-electron chi connectivity index (χ2n) is 3.99. The highest BCUT2D eigenvalue weighted by molar-refractivity contribution is 5.77. The van der Waals surface area contributed by atoms with Crippen molar-refractivity contribution in [2.45, 2.75) is 26.1 Å². The topological polar surface area (TPSA) is 26.3 Å². The van der Waals surface area contributed by atoms with Crippen molar-refractivity contribution in [2.24, 2.45) is 0 Å². The van der Waals surface area contributed by atoms with E-state index in [1.165, 1.54) is 18.2 Å². The van der Waals surface area contributed by atoms with Crippen LogP contribution in [0.3, 0.4) is 0 Å². The fraction of sp³-hybridized carbons (Fsp3) is 0.308. The number of aldehydes is 1. The first-order valence-electron chi connectivity index (χ1n) is 5.33. The molecule has 0 atom stereocenters. The Labute approximate surface area is 103 Å². The van der Waals surface area contributed by atoms with Crippen molar-refractivity contribution in [3.05, 3.63) is 35.4 Å². The summed E-state index contributed by atoms with van der Waals surface area (Å²) in [6.07, 6.45) is -2.91. The van der Waals surface area contributed by atoms with Crippen LogP contribution in [0.25, 0.3) is 6.08 Å². The summed E-state index contributed by atoms with van der Waals surface area (Å²) in [6, 6.07) is 4.30. The summed E-state index contributed by atoms with van der Waals surface area (Å²) in [5.41, 5.74) is 0.544. The van der Waals surface area contributed by atoms with Crippen molar-refractivity contribution in [3.63, 3.8) is 0 Å². The molecule has 1 rings (SSSR count). The Kier molecular flexibility index (Phi) is 4.53. The van der Waals surface area contributed by atoms with Gasteiger partial charge >= 0.3 is 6.18 Å². The van der Waals surface area contributed by atoms with Gasteiger partial charge in [-0.15, -0.1) is 0 Å². The van der Waals surface area contributed by atoms with Crippen LogP contribution >= 0.6 is 0 Å². The van der Waals surface area contributed by atoms with E-state index < -0.39 is 6.18 Å². The molecule has 0 aliphatic rings. The van der Waals surface area contributed by atoms with Crippen molar-refractivity contribution < 1.29 is 22.7 Å². The van der Waals surface area contributed by atoms with Crippen LogP contribution in [0.1, 0.15) is 29.8 Å². The molecule has 0 unspecified atom stereocenters. The zero-order valence-corrected chi connectivity index (χ0v) is 9.99. The molecule has 98 valence electrons. The standard InChI is InChI=1S/C13H13F3O2/c1-9(2)18-12-6-10(3-4-13(14,15)16)5-11(7-12)8-17/h3-9H,1-2H3/b4-3+. The minimum absolute atomic E-state index is 0.119. The SMILES string of the molecule is CC(C)Oc1cc(C=O)cc(/C=C/C(F)(F)F)c1. The van der Waals surface area contributed by atoms with Crippen LogP contribution in [0.5, 0.6) is 5.75 Å². The molecule has 2 nitrogen and oxygen atoms in total. The van der Waals surface area contributed by atoms with Crippen molar-refractivity contribution in [3.8, 4) is 5.75 Å². The maximum atomic E-state index is 12.0. The molecule has 0 spiro atoms. The number of hydrogen-bond donors (Lipinski definition) is 0. The maximum absolute atomic E-state index is 12.0. The lowest BCUT2D eigenvalue weighted by molar-refractivity contribution is -0.0790. The normalized spacial score (nSPS) is 12.1. The lowest BCUT2D eigenvalue weighted by Gasteiger charge is -2.11. The van der Waals surface area contributed by atoms with Crippen LogP contribution in [0, 0.1) is 0 Å². The third-order valence-corrected chi connectivity index (χ3v) is 1.92. The van der Waals surface area contributed by atoms with Crippen molar-refractivity contribution in [1.29, 1.82) is 0 Å². The van der Waals surface area contributed by atoms with Crippen molar-refractivity contribution in [1.82, 2.24) is 0 Å². The van der Waals surface area contributed by atoms with Crippen molar-refractivity contribution >= 4 is 12.4 Å². The van der Waals surface area contributed by atoms with E-state index in [-0.39, 0.29) is 23.3 Å². The molecule has 0 fully saturated rings. The van der Waals surface area contributed by atoms with Gasteiger partial charge in [0.15, 0.2) is 0 Å². The van der Waals surface area contributed by atoms with Gasteiger partial charge in [-0.2, -0.15) is 13.2 Å². The predicted octanol–water partition coefficient (Wildman–Crippen LogP) is 3.86. The summed E-state index contributed by atoms with van der Waals surface area (Å²) < 4.78 is 41.5. The molecule has 0 bridgehead atoms. The second kappa shape index (κ2) is 5.71. The molecular weight excluding hydrogens is 245 g/mol. The molecule has 0 saturated heterocycles. The third kappa shape index (κ3) is 5.03. The second-order valence-corrected chi connectivity index (χ2v) is 3.99. The molecule has 0 aliphatic heterocycles. The van der Waals surface area contributed by atoms with E-state index in [0.29, 0.717) is 12.0 Å². The Morgan fingerprint density at radius 2 is 1.78 bits per heavy atom. The lowest BCUT2D eigenvalue weighted by Crippen LogP contribution is -2.06. The van der Waals surface area contributed by atoms with Crippen LogP contribution in [0.2, 0.25) is 0 Å². The third-order valence-electron chi connectivity index (χ3n) is 1.92. The number of halogens is 3. The first kappa shape index (κ1) is 14.3. The molecule has 5 heteroatoms. The number of benzene rings is 1. The van der Waals surface area contributed by atoms with Crippen LogP contribution in [-0.2, 0) is 0 Å². The molecule has 0 aliphatic carbocycles. The number of allylic oxidation sites excluding steroid dienone is 1. The number of alkyl halides is 3. The molecule has 1 aromatic carbocycles. The van der Waals surface area contributed by atoms with Gasteiger partial charge in [0, 0.05) is 11.6 Å². The monoisotopic (exact) mass is 258 g/mol. The Balaban J connectivity index is 3.04. The number of rotatable bonds is 4. The minimum atomic E-state index is -4.38. The van der Waals surface area contributed by atoms with Gasteiger partial charge in [0.2, 0.25) is 0 Å². The van der Waals surface area contributed by atoms with Gasteiger partial charge in [0.05, 0.1) is 6.10 Å². The quantitative estimate of drug-likeness (QED) is 0.766. The predicted molar refractivity (Wildman–Crippen MR) is 62.7 cm³/mol. The number of hydrogen-bond acceptors (Lipinski definition) is 2. The van der Waals surface area contributed by atoms with Gasteiger partial charge in [0.25, 0.3) is 0 Å². The molecule has 0 saturated carbocycles. The van der Waals surface area contributed by atoms with Crippen LogP contribution in [0.15, 0.2) is 24.3 Å². The largest absolute Gasteiger partial charge is 0.491 e. The average molecular weight is 258 g/mol. The highest BCUT2D eigenvalue weighted by Crippen LogP contribution is 2.22. The summed E-state index contributed by atoms with van der Waals surface area (Å²) in [5, 5.41) is 0. The zero-order valence-electron chi connectivity index (χ0n) is 9.99. The molecule has 0 aromatic heterocycles. The average Bonchev–Trinajstić information content (AvgIpc) is 2.24. The highest BCUT2D eigenvalue weighted by atomic mass is 19.4. The molecular formula is C13H13F3O2. The van der Waals surface area contributed by atoms with Gasteiger partial charge in [-0.05, 0) is 43.7 Å².